The van der Waals surface area contributed by atoms with E-state index < -0.39 is 6.04 Å². The molecule has 0 radical (unpaired) electrons. The molecule has 0 unspecified atom stereocenters. The van der Waals surface area contributed by atoms with Crippen LogP contribution in [0.1, 0.15) is 19.4 Å². The van der Waals surface area contributed by atoms with Crippen molar-refractivity contribution >= 4 is 11.8 Å². The van der Waals surface area contributed by atoms with Gasteiger partial charge < -0.3 is 15.0 Å². The number of ether oxygens (including phenoxy) is 1. The van der Waals surface area contributed by atoms with Crippen molar-refractivity contribution in [3.63, 3.8) is 0 Å². The molecule has 1 aliphatic heterocycles. The molecule has 1 N–H and O–H groups in total. The molecule has 1 fully saturated rings. The number of hydrogen-bond acceptors (Lipinski definition) is 3. The highest BCUT2D eigenvalue weighted by Gasteiger charge is 2.29. The zero-order valence-corrected chi connectivity index (χ0v) is 13.2. The van der Waals surface area contributed by atoms with E-state index in [1.54, 1.807) is 4.90 Å². The molecule has 1 aliphatic rings. The third-order valence-corrected chi connectivity index (χ3v) is 3.78. The molecule has 2 rings (SSSR count). The van der Waals surface area contributed by atoms with Gasteiger partial charge in [-0.2, -0.15) is 0 Å². The van der Waals surface area contributed by atoms with E-state index in [1.807, 2.05) is 44.2 Å². The fourth-order valence-electron chi connectivity index (χ4n) is 2.50. The predicted octanol–water partition coefficient (Wildman–Crippen LogP) is 1.23. The lowest BCUT2D eigenvalue weighted by molar-refractivity contribution is -0.141. The van der Waals surface area contributed by atoms with Crippen LogP contribution in [0, 0.1) is 5.92 Å². The molecule has 0 saturated carbocycles. The lowest BCUT2D eigenvalue weighted by Crippen LogP contribution is -2.54. The molecule has 2 amide bonds. The average molecular weight is 304 g/mol. The summed E-state index contributed by atoms with van der Waals surface area (Å²) >= 11 is 0. The summed E-state index contributed by atoms with van der Waals surface area (Å²) in [5.74, 6) is -0.0821. The Morgan fingerprint density at radius 3 is 2.41 bits per heavy atom. The molecule has 1 saturated heterocycles. The van der Waals surface area contributed by atoms with Gasteiger partial charge in [0.1, 0.15) is 6.04 Å². The van der Waals surface area contributed by atoms with Crippen molar-refractivity contribution in [2.24, 2.45) is 5.92 Å². The number of carbonyl (C=O) groups excluding carboxylic acids is 2. The number of benzene rings is 1. The highest BCUT2D eigenvalue weighted by Crippen LogP contribution is 2.09. The molecule has 0 bridgehead atoms. The minimum absolute atomic E-state index is 0.0142. The Bertz CT molecular complexity index is 496. The lowest BCUT2D eigenvalue weighted by atomic mass is 10.0. The normalized spacial score (nSPS) is 16.4. The van der Waals surface area contributed by atoms with Crippen LogP contribution in [0.2, 0.25) is 0 Å². The molecule has 22 heavy (non-hydrogen) atoms. The maximum absolute atomic E-state index is 12.6. The molecule has 1 aromatic rings. The Balaban J connectivity index is 1.95. The molecule has 5 heteroatoms. The second-order valence-electron chi connectivity index (χ2n) is 5.89. The Morgan fingerprint density at radius 2 is 1.82 bits per heavy atom. The van der Waals surface area contributed by atoms with Crippen molar-refractivity contribution in [2.75, 3.05) is 26.3 Å². The molecular formula is C17H24N2O3. The van der Waals surface area contributed by atoms with E-state index in [1.165, 1.54) is 0 Å². The van der Waals surface area contributed by atoms with E-state index in [0.29, 0.717) is 32.7 Å². The topological polar surface area (TPSA) is 58.6 Å². The molecule has 5 nitrogen and oxygen atoms in total. The fraction of sp³-hybridized carbons (Fsp3) is 0.529. The maximum Gasteiger partial charge on any atom is 0.245 e. The van der Waals surface area contributed by atoms with Crippen molar-refractivity contribution in [1.29, 1.82) is 0 Å². The van der Waals surface area contributed by atoms with Crippen molar-refractivity contribution < 1.29 is 14.3 Å². The van der Waals surface area contributed by atoms with E-state index in [9.17, 15) is 9.59 Å². The van der Waals surface area contributed by atoms with Crippen molar-refractivity contribution in [3.8, 4) is 0 Å². The highest BCUT2D eigenvalue weighted by molar-refractivity contribution is 5.88. The van der Waals surface area contributed by atoms with Crippen molar-refractivity contribution in [1.82, 2.24) is 10.2 Å². The largest absolute Gasteiger partial charge is 0.378 e. The summed E-state index contributed by atoms with van der Waals surface area (Å²) in [4.78, 5) is 26.6. The third kappa shape index (κ3) is 4.56. The van der Waals surface area contributed by atoms with Crippen LogP contribution in [0.25, 0.3) is 0 Å². The zero-order valence-electron chi connectivity index (χ0n) is 13.2. The van der Waals surface area contributed by atoms with Gasteiger partial charge in [0.05, 0.1) is 19.6 Å². The third-order valence-electron chi connectivity index (χ3n) is 3.78. The first-order chi connectivity index (χ1) is 10.6. The van der Waals surface area contributed by atoms with Gasteiger partial charge in [-0.3, -0.25) is 9.59 Å². The molecular weight excluding hydrogens is 280 g/mol. The van der Waals surface area contributed by atoms with Crippen LogP contribution >= 0.6 is 0 Å². The van der Waals surface area contributed by atoms with E-state index in [-0.39, 0.29) is 17.7 Å². The highest BCUT2D eigenvalue weighted by atomic mass is 16.5. The first-order valence-electron chi connectivity index (χ1n) is 7.77. The molecule has 1 aromatic carbocycles. The van der Waals surface area contributed by atoms with Crippen LogP contribution in [-0.2, 0) is 20.7 Å². The van der Waals surface area contributed by atoms with Gasteiger partial charge in [-0.1, -0.05) is 44.2 Å². The first-order valence-corrected chi connectivity index (χ1v) is 7.77. The van der Waals surface area contributed by atoms with E-state index >= 15 is 0 Å². The van der Waals surface area contributed by atoms with Crippen LogP contribution in [0.5, 0.6) is 0 Å². The van der Waals surface area contributed by atoms with Gasteiger partial charge in [-0.15, -0.1) is 0 Å². The number of rotatable bonds is 5. The van der Waals surface area contributed by atoms with Gasteiger partial charge in [0.25, 0.3) is 0 Å². The minimum Gasteiger partial charge on any atom is -0.378 e. The smallest absolute Gasteiger partial charge is 0.245 e. The summed E-state index contributed by atoms with van der Waals surface area (Å²) in [6, 6.07) is 9.07. The van der Waals surface area contributed by atoms with Gasteiger partial charge in [-0.25, -0.2) is 0 Å². The van der Waals surface area contributed by atoms with Gasteiger partial charge in [0.15, 0.2) is 0 Å². The van der Waals surface area contributed by atoms with Gasteiger partial charge >= 0.3 is 0 Å². The predicted molar refractivity (Wildman–Crippen MR) is 84.3 cm³/mol. The van der Waals surface area contributed by atoms with Crippen LogP contribution < -0.4 is 5.32 Å². The second kappa shape index (κ2) is 7.94. The van der Waals surface area contributed by atoms with Crippen molar-refractivity contribution in [2.45, 2.75) is 26.3 Å². The SMILES string of the molecule is CC(C)[C@@H](NC(=O)Cc1ccccc1)C(=O)N1CCOCC1. The molecule has 1 atom stereocenters. The van der Waals surface area contributed by atoms with Crippen LogP contribution in [-0.4, -0.2) is 49.1 Å². The minimum atomic E-state index is -0.477. The summed E-state index contributed by atoms with van der Waals surface area (Å²) in [6.45, 7) is 6.22. The standard InChI is InChI=1S/C17H24N2O3/c1-13(2)16(17(21)19-8-10-22-11-9-19)18-15(20)12-14-6-4-3-5-7-14/h3-7,13,16H,8-12H2,1-2H3,(H,18,20)/t16-/m1/s1. The summed E-state index contributed by atoms with van der Waals surface area (Å²) in [5.41, 5.74) is 0.946. The zero-order chi connectivity index (χ0) is 15.9. The quantitative estimate of drug-likeness (QED) is 0.890. The number of nitrogens with zero attached hydrogens (tertiary/aromatic N) is 1. The van der Waals surface area contributed by atoms with E-state index in [0.717, 1.165) is 5.56 Å². The number of amides is 2. The molecule has 0 aromatic heterocycles. The second-order valence-corrected chi connectivity index (χ2v) is 5.89. The van der Waals surface area contributed by atoms with Crippen molar-refractivity contribution in [3.05, 3.63) is 35.9 Å². The number of morpholine rings is 1. The Labute approximate surface area is 131 Å². The Kier molecular flexibility index (Phi) is 5.95. The molecule has 120 valence electrons. The maximum atomic E-state index is 12.6. The molecule has 0 spiro atoms. The monoisotopic (exact) mass is 304 g/mol. The summed E-state index contributed by atoms with van der Waals surface area (Å²) < 4.78 is 5.27. The van der Waals surface area contributed by atoms with Crippen LogP contribution in [0.4, 0.5) is 0 Å². The summed E-state index contributed by atoms with van der Waals surface area (Å²) in [5, 5.41) is 2.89. The fourth-order valence-corrected chi connectivity index (χ4v) is 2.50. The van der Waals surface area contributed by atoms with Gasteiger partial charge in [0, 0.05) is 13.1 Å². The van der Waals surface area contributed by atoms with Gasteiger partial charge in [0.2, 0.25) is 11.8 Å². The number of nitrogens with one attached hydrogen (secondary N) is 1. The molecule has 0 aliphatic carbocycles. The van der Waals surface area contributed by atoms with Crippen LogP contribution in [0.15, 0.2) is 30.3 Å². The lowest BCUT2D eigenvalue weighted by Gasteiger charge is -2.32. The number of carbonyl (C=O) groups is 2. The summed E-state index contributed by atoms with van der Waals surface area (Å²) in [6.07, 6.45) is 0.292. The van der Waals surface area contributed by atoms with Gasteiger partial charge in [-0.05, 0) is 11.5 Å². The summed E-state index contributed by atoms with van der Waals surface area (Å²) in [7, 11) is 0. The number of hydrogen-bond donors (Lipinski definition) is 1. The Morgan fingerprint density at radius 1 is 1.18 bits per heavy atom. The molecule has 1 heterocycles. The van der Waals surface area contributed by atoms with E-state index in [4.69, 9.17) is 4.74 Å². The first kappa shape index (κ1) is 16.5. The Hall–Kier alpha value is -1.88. The van der Waals surface area contributed by atoms with Crippen LogP contribution in [0.3, 0.4) is 0 Å². The van der Waals surface area contributed by atoms with E-state index in [2.05, 4.69) is 5.32 Å². The average Bonchev–Trinajstić information content (AvgIpc) is 2.53.